The highest BCUT2D eigenvalue weighted by Crippen LogP contribution is 2.36. The zero-order chi connectivity index (χ0) is 27.6. The number of thioether (sulfide) groups is 1. The number of nitrogens with zero attached hydrogens (tertiary/aromatic N) is 5. The summed E-state index contributed by atoms with van der Waals surface area (Å²) < 4.78 is 15.6. The van der Waals surface area contributed by atoms with Gasteiger partial charge in [0.25, 0.3) is 11.5 Å². The molecule has 0 atom stereocenters. The van der Waals surface area contributed by atoms with E-state index in [9.17, 15) is 19.2 Å². The molecular weight excluding hydrogens is 521 g/mol. The molecule has 0 radical (unpaired) electrons. The van der Waals surface area contributed by atoms with Crippen LogP contribution in [0.4, 0.5) is 15.9 Å². The molecule has 0 spiro atoms. The summed E-state index contributed by atoms with van der Waals surface area (Å²) in [5.74, 6) is 0.573. The third kappa shape index (κ3) is 5.49. The highest BCUT2D eigenvalue weighted by atomic mass is 32.2. The Hall–Kier alpha value is -3.16. The second kappa shape index (κ2) is 11.7. The maximum atomic E-state index is 13.4. The van der Waals surface area contributed by atoms with Crippen molar-refractivity contribution in [3.63, 3.8) is 0 Å². The normalized spacial score (nSPS) is 17.2. The van der Waals surface area contributed by atoms with Crippen LogP contribution in [0.2, 0.25) is 0 Å². The third-order valence-electron chi connectivity index (χ3n) is 6.76. The van der Waals surface area contributed by atoms with E-state index in [4.69, 9.17) is 12.2 Å². The Morgan fingerprint density at radius 3 is 2.34 bits per heavy atom. The lowest BCUT2D eigenvalue weighted by Crippen LogP contribution is -2.48. The number of carbonyl (C=O) groups is 1. The Kier molecular flexibility index (Phi) is 8.58. The van der Waals surface area contributed by atoms with Crippen molar-refractivity contribution >= 4 is 51.8 Å². The summed E-state index contributed by atoms with van der Waals surface area (Å²) in [5, 5.41) is 9.86. The maximum Gasteiger partial charge on any atom is 0.270 e. The Bertz CT molecular complexity index is 1370. The number of benzene rings is 1. The number of hydrogen-bond acceptors (Lipinski definition) is 7. The summed E-state index contributed by atoms with van der Waals surface area (Å²) in [4.78, 5) is 33.2. The van der Waals surface area contributed by atoms with Crippen LogP contribution in [0.3, 0.4) is 0 Å². The molecule has 2 aromatic rings. The molecule has 4 rings (SSSR count). The zero-order valence-corrected chi connectivity index (χ0v) is 23.8. The van der Waals surface area contributed by atoms with Crippen LogP contribution in [0.25, 0.3) is 6.08 Å². The fourth-order valence-corrected chi connectivity index (χ4v) is 6.15. The predicted molar refractivity (Wildman–Crippen MR) is 156 cm³/mol. The minimum atomic E-state index is -0.313. The summed E-state index contributed by atoms with van der Waals surface area (Å²) >= 11 is 6.76. The van der Waals surface area contributed by atoms with Gasteiger partial charge in [-0.3, -0.25) is 19.1 Å². The number of nitriles is 1. The number of carbonyl (C=O) groups excluding carboxylic acids is 1. The van der Waals surface area contributed by atoms with Gasteiger partial charge in [-0.05, 0) is 55.2 Å². The van der Waals surface area contributed by atoms with Gasteiger partial charge in [-0.25, -0.2) is 4.39 Å². The largest absolute Gasteiger partial charge is 0.368 e. The van der Waals surface area contributed by atoms with Crippen LogP contribution in [0, 0.1) is 30.0 Å². The minimum absolute atomic E-state index is 0.0936. The number of thiocarbonyl (C=S) groups is 1. The van der Waals surface area contributed by atoms with E-state index in [0.29, 0.717) is 66.0 Å². The first-order chi connectivity index (χ1) is 18.2. The molecule has 0 bridgehead atoms. The highest BCUT2D eigenvalue weighted by molar-refractivity contribution is 8.26. The lowest BCUT2D eigenvalue weighted by Gasteiger charge is -2.39. The van der Waals surface area contributed by atoms with Crippen molar-refractivity contribution in [3.05, 3.63) is 62.0 Å². The fraction of sp³-hybridized carbons (Fsp3) is 0.429. The van der Waals surface area contributed by atoms with Crippen molar-refractivity contribution in [1.82, 2.24) is 9.47 Å². The van der Waals surface area contributed by atoms with E-state index >= 15 is 0 Å². The van der Waals surface area contributed by atoms with Gasteiger partial charge >= 0.3 is 0 Å². The summed E-state index contributed by atoms with van der Waals surface area (Å²) in [6, 6.07) is 8.56. The molecule has 1 aromatic heterocycles. The number of piperazine rings is 1. The van der Waals surface area contributed by atoms with Gasteiger partial charge in [-0.1, -0.05) is 44.8 Å². The molecule has 7 nitrogen and oxygen atoms in total. The van der Waals surface area contributed by atoms with Crippen LogP contribution in [0.5, 0.6) is 0 Å². The van der Waals surface area contributed by atoms with Gasteiger partial charge in [0.1, 0.15) is 27.6 Å². The van der Waals surface area contributed by atoms with Crippen LogP contribution in [0.15, 0.2) is 34.0 Å². The topological polar surface area (TPSA) is 72.6 Å². The van der Waals surface area contributed by atoms with E-state index in [0.717, 1.165) is 11.5 Å². The summed E-state index contributed by atoms with van der Waals surface area (Å²) in [6.07, 6.45) is 2.52. The second-order valence-electron chi connectivity index (χ2n) is 9.94. The number of hydrogen-bond donors (Lipinski definition) is 0. The van der Waals surface area contributed by atoms with E-state index in [1.54, 1.807) is 28.5 Å². The Labute approximate surface area is 232 Å². The molecule has 2 saturated heterocycles. The van der Waals surface area contributed by atoms with E-state index < -0.39 is 0 Å². The van der Waals surface area contributed by atoms with Crippen LogP contribution in [0.1, 0.15) is 43.9 Å². The smallest absolute Gasteiger partial charge is 0.270 e. The van der Waals surface area contributed by atoms with Gasteiger partial charge in [0.2, 0.25) is 0 Å². The SMILES string of the molecule is CCCn1c(N2CCN(c3ccc(F)cc3)CC2)c(/C=C2/SC(=S)N(CC(C)C)C2=O)c(C)c(C#N)c1=O. The zero-order valence-electron chi connectivity index (χ0n) is 22.2. The lowest BCUT2D eigenvalue weighted by molar-refractivity contribution is -0.122. The van der Waals surface area contributed by atoms with Crippen LogP contribution in [-0.2, 0) is 11.3 Å². The van der Waals surface area contributed by atoms with Crippen molar-refractivity contribution < 1.29 is 9.18 Å². The standard InChI is InChI=1S/C28H32FN5O2S2/c1-5-10-33-25(32-13-11-31(12-14-32)21-8-6-20(29)7-9-21)22(19(4)23(16-30)26(33)35)15-24-27(36)34(17-18(2)3)28(37)38-24/h6-9,15,18H,5,10-14,17H2,1-4H3/b24-15+. The molecule has 0 unspecified atom stereocenters. The molecule has 1 aromatic carbocycles. The van der Waals surface area contributed by atoms with Crippen molar-refractivity contribution in [2.75, 3.05) is 42.5 Å². The average molecular weight is 554 g/mol. The molecule has 0 N–H and O–H groups in total. The molecule has 0 aliphatic carbocycles. The predicted octanol–water partition coefficient (Wildman–Crippen LogP) is 4.76. The number of pyridine rings is 1. The van der Waals surface area contributed by atoms with Gasteiger partial charge in [0.15, 0.2) is 0 Å². The van der Waals surface area contributed by atoms with Gasteiger partial charge in [0.05, 0.1) is 4.91 Å². The first kappa shape index (κ1) is 27.9. The maximum absolute atomic E-state index is 13.4. The number of halogens is 1. The molecule has 2 fully saturated rings. The van der Waals surface area contributed by atoms with Crippen molar-refractivity contribution in [2.24, 2.45) is 5.92 Å². The quantitative estimate of drug-likeness (QED) is 0.362. The number of anilines is 2. The Balaban J connectivity index is 1.77. The van der Waals surface area contributed by atoms with Crippen LogP contribution in [-0.4, -0.2) is 52.4 Å². The van der Waals surface area contributed by atoms with Crippen molar-refractivity contribution in [1.29, 1.82) is 5.26 Å². The summed E-state index contributed by atoms with van der Waals surface area (Å²) in [7, 11) is 0. The first-order valence-electron chi connectivity index (χ1n) is 12.8. The number of rotatable bonds is 7. The minimum Gasteiger partial charge on any atom is -0.368 e. The van der Waals surface area contributed by atoms with Crippen LogP contribution < -0.4 is 15.4 Å². The highest BCUT2D eigenvalue weighted by Gasteiger charge is 2.34. The molecule has 2 aliphatic rings. The summed E-state index contributed by atoms with van der Waals surface area (Å²) in [6.45, 7) is 11.4. The average Bonchev–Trinajstić information content (AvgIpc) is 3.15. The van der Waals surface area contributed by atoms with Crippen molar-refractivity contribution in [3.8, 4) is 6.07 Å². The molecule has 10 heteroatoms. The van der Waals surface area contributed by atoms with E-state index in [2.05, 4.69) is 15.9 Å². The monoisotopic (exact) mass is 553 g/mol. The van der Waals surface area contributed by atoms with Crippen LogP contribution >= 0.6 is 24.0 Å². The molecular formula is C28H32FN5O2S2. The molecule has 2 aliphatic heterocycles. The molecule has 200 valence electrons. The molecule has 3 heterocycles. The Morgan fingerprint density at radius 1 is 1.13 bits per heavy atom. The van der Waals surface area contributed by atoms with E-state index in [1.807, 2.05) is 26.8 Å². The second-order valence-corrected chi connectivity index (χ2v) is 11.6. The number of aromatic nitrogens is 1. The molecule has 1 amide bonds. The lowest BCUT2D eigenvalue weighted by atomic mass is 10.0. The first-order valence-corrected chi connectivity index (χ1v) is 14.1. The molecule has 38 heavy (non-hydrogen) atoms. The van der Waals surface area contributed by atoms with E-state index in [1.165, 1.54) is 23.9 Å². The van der Waals surface area contributed by atoms with Gasteiger partial charge in [-0.15, -0.1) is 0 Å². The van der Waals surface area contributed by atoms with Gasteiger partial charge in [-0.2, -0.15) is 5.26 Å². The van der Waals surface area contributed by atoms with E-state index in [-0.39, 0.29) is 28.8 Å². The third-order valence-corrected chi connectivity index (χ3v) is 8.14. The Morgan fingerprint density at radius 2 is 1.76 bits per heavy atom. The summed E-state index contributed by atoms with van der Waals surface area (Å²) in [5.41, 5.74) is 2.00. The fourth-order valence-electron chi connectivity index (χ4n) is 4.90. The molecule has 0 saturated carbocycles. The van der Waals surface area contributed by atoms with Gasteiger partial charge < -0.3 is 9.80 Å². The van der Waals surface area contributed by atoms with Crippen molar-refractivity contribution in [2.45, 2.75) is 40.7 Å². The van der Waals surface area contributed by atoms with Gasteiger partial charge in [0, 0.05) is 50.5 Å². The number of amides is 1.